The summed E-state index contributed by atoms with van der Waals surface area (Å²) in [5.41, 5.74) is 2.09. The molecule has 0 spiro atoms. The van der Waals surface area contributed by atoms with Crippen LogP contribution >= 0.6 is 11.8 Å². The van der Waals surface area contributed by atoms with Crippen molar-refractivity contribution in [1.29, 1.82) is 5.41 Å². The quantitative estimate of drug-likeness (QED) is 0.764. The summed E-state index contributed by atoms with van der Waals surface area (Å²) in [5, 5.41) is 7.95. The molecule has 0 radical (unpaired) electrons. The number of carbonyl (C=O) groups is 1. The molecule has 0 amide bonds. The zero-order valence-electron chi connectivity index (χ0n) is 7.78. The molecular formula is C10H10N2OS. The Morgan fingerprint density at radius 2 is 2.00 bits per heavy atom. The summed E-state index contributed by atoms with van der Waals surface area (Å²) in [6.45, 7) is 2.32. The number of carbonyl (C=O) groups excluding carboxylic acids is 1. The lowest BCUT2D eigenvalue weighted by Crippen LogP contribution is -2.23. The molecule has 72 valence electrons. The molecule has 1 heterocycles. The van der Waals surface area contributed by atoms with Crippen LogP contribution < -0.4 is 4.90 Å². The molecule has 1 aromatic carbocycles. The number of hydrogen-bond donors (Lipinski definition) is 1. The largest absolute Gasteiger partial charge is 0.313 e. The Balaban J connectivity index is 2.27. The Kier molecular flexibility index (Phi) is 2.29. The summed E-state index contributed by atoms with van der Waals surface area (Å²) < 4.78 is 0. The van der Waals surface area contributed by atoms with Crippen molar-refractivity contribution < 1.29 is 4.79 Å². The number of hydrogen-bond acceptors (Lipinski definition) is 3. The minimum atomic E-state index is 0.0376. The van der Waals surface area contributed by atoms with E-state index >= 15 is 0 Å². The fourth-order valence-corrected chi connectivity index (χ4v) is 2.02. The van der Waals surface area contributed by atoms with Gasteiger partial charge in [-0.2, -0.15) is 0 Å². The Morgan fingerprint density at radius 1 is 1.36 bits per heavy atom. The molecule has 0 aromatic heterocycles. The Bertz CT molecular complexity index is 386. The highest BCUT2D eigenvalue weighted by Gasteiger charge is 2.26. The zero-order valence-corrected chi connectivity index (χ0v) is 8.60. The number of thioether (sulfide) groups is 1. The SMILES string of the molecule is Cc1ccc(N2CC(=O)SC2=N)cc1. The number of aryl methyl sites for hydroxylation is 1. The minimum absolute atomic E-state index is 0.0376. The van der Waals surface area contributed by atoms with E-state index in [1.54, 1.807) is 4.90 Å². The lowest BCUT2D eigenvalue weighted by atomic mass is 10.2. The predicted molar refractivity (Wildman–Crippen MR) is 58.8 cm³/mol. The molecule has 2 rings (SSSR count). The standard InChI is InChI=1S/C10H10N2OS/c1-7-2-4-8(5-3-7)12-6-9(13)14-10(12)11/h2-5,11H,6H2,1H3. The average Bonchev–Trinajstić information content (AvgIpc) is 2.47. The summed E-state index contributed by atoms with van der Waals surface area (Å²) in [6.07, 6.45) is 0. The molecule has 1 aliphatic rings. The van der Waals surface area contributed by atoms with Gasteiger partial charge in [-0.25, -0.2) is 0 Å². The first kappa shape index (κ1) is 9.27. The van der Waals surface area contributed by atoms with Crippen molar-refractivity contribution >= 4 is 27.7 Å². The van der Waals surface area contributed by atoms with Gasteiger partial charge in [0, 0.05) is 5.69 Å². The van der Waals surface area contributed by atoms with Gasteiger partial charge in [0.2, 0.25) is 5.12 Å². The summed E-state index contributed by atoms with van der Waals surface area (Å²) in [4.78, 5) is 12.8. The first-order valence-corrected chi connectivity index (χ1v) is 5.12. The third-order valence-corrected chi connectivity index (χ3v) is 2.86. The van der Waals surface area contributed by atoms with E-state index in [-0.39, 0.29) is 5.12 Å². The molecule has 3 nitrogen and oxygen atoms in total. The van der Waals surface area contributed by atoms with E-state index in [1.165, 1.54) is 5.56 Å². The van der Waals surface area contributed by atoms with Crippen LogP contribution in [0, 0.1) is 12.3 Å². The van der Waals surface area contributed by atoms with Gasteiger partial charge in [-0.3, -0.25) is 10.2 Å². The van der Waals surface area contributed by atoms with Crippen molar-refractivity contribution in [3.8, 4) is 0 Å². The number of benzene rings is 1. The second-order valence-corrected chi connectivity index (χ2v) is 4.25. The predicted octanol–water partition coefficient (Wildman–Crippen LogP) is 2.01. The van der Waals surface area contributed by atoms with Crippen molar-refractivity contribution in [3.63, 3.8) is 0 Å². The molecule has 0 saturated carbocycles. The van der Waals surface area contributed by atoms with Crippen LogP contribution in [0.25, 0.3) is 0 Å². The molecule has 0 aliphatic carbocycles. The van der Waals surface area contributed by atoms with E-state index in [0.717, 1.165) is 17.4 Å². The van der Waals surface area contributed by atoms with E-state index in [4.69, 9.17) is 5.41 Å². The summed E-state index contributed by atoms with van der Waals surface area (Å²) in [6, 6.07) is 7.83. The van der Waals surface area contributed by atoms with Crippen LogP contribution in [0.1, 0.15) is 5.56 Å². The van der Waals surface area contributed by atoms with Crippen LogP contribution in [-0.2, 0) is 4.79 Å². The number of anilines is 1. The second kappa shape index (κ2) is 3.46. The van der Waals surface area contributed by atoms with Gasteiger partial charge in [0.15, 0.2) is 5.17 Å². The number of amidine groups is 1. The first-order chi connectivity index (χ1) is 6.66. The molecule has 4 heteroatoms. The zero-order chi connectivity index (χ0) is 10.1. The van der Waals surface area contributed by atoms with Gasteiger partial charge in [0.05, 0.1) is 6.54 Å². The molecule has 1 aliphatic heterocycles. The maximum atomic E-state index is 11.1. The molecule has 1 fully saturated rings. The number of rotatable bonds is 1. The van der Waals surface area contributed by atoms with E-state index < -0.39 is 0 Å². The van der Waals surface area contributed by atoms with E-state index in [2.05, 4.69) is 0 Å². The fourth-order valence-electron chi connectivity index (χ4n) is 1.33. The van der Waals surface area contributed by atoms with Crippen molar-refractivity contribution in [3.05, 3.63) is 29.8 Å². The average molecular weight is 206 g/mol. The lowest BCUT2D eigenvalue weighted by molar-refractivity contribution is -0.109. The highest BCUT2D eigenvalue weighted by atomic mass is 32.2. The van der Waals surface area contributed by atoms with Crippen LogP contribution in [-0.4, -0.2) is 16.8 Å². The number of nitrogens with one attached hydrogen (secondary N) is 1. The first-order valence-electron chi connectivity index (χ1n) is 4.30. The topological polar surface area (TPSA) is 44.2 Å². The number of nitrogens with zero attached hydrogens (tertiary/aromatic N) is 1. The maximum Gasteiger partial charge on any atom is 0.216 e. The Hall–Kier alpha value is -1.29. The van der Waals surface area contributed by atoms with Gasteiger partial charge < -0.3 is 4.90 Å². The molecule has 0 atom stereocenters. The summed E-state index contributed by atoms with van der Waals surface area (Å²) in [7, 11) is 0. The third kappa shape index (κ3) is 1.65. The van der Waals surface area contributed by atoms with E-state index in [1.807, 2.05) is 31.2 Å². The molecule has 1 saturated heterocycles. The molecule has 0 unspecified atom stereocenters. The monoisotopic (exact) mass is 206 g/mol. The van der Waals surface area contributed by atoms with Gasteiger partial charge in [0.1, 0.15) is 0 Å². The van der Waals surface area contributed by atoms with Gasteiger partial charge in [-0.05, 0) is 30.8 Å². The van der Waals surface area contributed by atoms with E-state index in [0.29, 0.717) is 11.7 Å². The molecule has 1 N–H and O–H groups in total. The Labute approximate surface area is 86.6 Å². The van der Waals surface area contributed by atoms with E-state index in [9.17, 15) is 4.79 Å². The maximum absolute atomic E-state index is 11.1. The van der Waals surface area contributed by atoms with Crippen LogP contribution in [0.2, 0.25) is 0 Å². The van der Waals surface area contributed by atoms with Crippen molar-refractivity contribution in [1.82, 2.24) is 0 Å². The Morgan fingerprint density at radius 3 is 2.50 bits per heavy atom. The van der Waals surface area contributed by atoms with Gasteiger partial charge >= 0.3 is 0 Å². The van der Waals surface area contributed by atoms with Crippen molar-refractivity contribution in [2.75, 3.05) is 11.4 Å². The van der Waals surface area contributed by atoms with Crippen LogP contribution in [0.3, 0.4) is 0 Å². The molecule has 1 aromatic rings. The van der Waals surface area contributed by atoms with Crippen molar-refractivity contribution in [2.24, 2.45) is 0 Å². The van der Waals surface area contributed by atoms with Crippen LogP contribution in [0.4, 0.5) is 5.69 Å². The fraction of sp³-hybridized carbons (Fsp3) is 0.200. The van der Waals surface area contributed by atoms with Gasteiger partial charge in [-0.15, -0.1) is 0 Å². The summed E-state index contributed by atoms with van der Waals surface area (Å²) >= 11 is 0.998. The highest BCUT2D eigenvalue weighted by Crippen LogP contribution is 2.25. The molecule has 14 heavy (non-hydrogen) atoms. The van der Waals surface area contributed by atoms with Crippen LogP contribution in [0.5, 0.6) is 0 Å². The smallest absolute Gasteiger partial charge is 0.216 e. The lowest BCUT2D eigenvalue weighted by Gasteiger charge is -2.15. The van der Waals surface area contributed by atoms with Crippen molar-refractivity contribution in [2.45, 2.75) is 6.92 Å². The molecular weight excluding hydrogens is 196 g/mol. The normalized spacial score (nSPS) is 16.5. The second-order valence-electron chi connectivity index (χ2n) is 3.20. The summed E-state index contributed by atoms with van der Waals surface area (Å²) in [5.74, 6) is 0. The molecule has 0 bridgehead atoms. The van der Waals surface area contributed by atoms with Gasteiger partial charge in [-0.1, -0.05) is 17.7 Å². The highest BCUT2D eigenvalue weighted by molar-refractivity contribution is 8.27. The third-order valence-electron chi connectivity index (χ3n) is 2.09. The minimum Gasteiger partial charge on any atom is -0.313 e. The van der Waals surface area contributed by atoms with Crippen LogP contribution in [0.15, 0.2) is 24.3 Å². The van der Waals surface area contributed by atoms with Gasteiger partial charge in [0.25, 0.3) is 0 Å².